The van der Waals surface area contributed by atoms with E-state index >= 15 is 0 Å². The van der Waals surface area contributed by atoms with Crippen molar-refractivity contribution in [2.24, 2.45) is 0 Å². The molecule has 154 valence electrons. The molecule has 2 aromatic rings. The minimum absolute atomic E-state index is 0.0263. The van der Waals surface area contributed by atoms with E-state index < -0.39 is 43.1 Å². The van der Waals surface area contributed by atoms with Gasteiger partial charge in [-0.25, -0.2) is 17.2 Å². The van der Waals surface area contributed by atoms with Gasteiger partial charge in [0, 0.05) is 37.3 Å². The van der Waals surface area contributed by atoms with Crippen LogP contribution in [-0.4, -0.2) is 54.6 Å². The number of nitro groups is 1. The lowest BCUT2D eigenvalue weighted by Gasteiger charge is -2.34. The van der Waals surface area contributed by atoms with Crippen molar-refractivity contribution in [3.63, 3.8) is 0 Å². The fourth-order valence-corrected chi connectivity index (χ4v) is 4.53. The number of rotatable bonds is 4. The quantitative estimate of drug-likeness (QED) is 0.532. The van der Waals surface area contributed by atoms with E-state index in [-0.39, 0.29) is 36.8 Å². The largest absolute Gasteiger partial charge is 0.336 e. The predicted octanol–water partition coefficient (Wildman–Crippen LogP) is 2.67. The first kappa shape index (κ1) is 21.1. The molecule has 1 saturated heterocycles. The molecule has 0 radical (unpaired) electrons. The third-order valence-electron chi connectivity index (χ3n) is 4.44. The molecule has 0 aliphatic carbocycles. The minimum atomic E-state index is -4.08. The number of benzene rings is 2. The van der Waals surface area contributed by atoms with Crippen LogP contribution in [0.1, 0.15) is 10.4 Å². The number of sulfonamides is 1. The Morgan fingerprint density at radius 3 is 2.28 bits per heavy atom. The second kappa shape index (κ2) is 8.01. The highest BCUT2D eigenvalue weighted by Gasteiger charge is 2.33. The first-order valence-electron chi connectivity index (χ1n) is 8.29. The van der Waals surface area contributed by atoms with E-state index in [0.29, 0.717) is 6.07 Å². The van der Waals surface area contributed by atoms with E-state index in [2.05, 4.69) is 0 Å². The first-order valence-corrected chi connectivity index (χ1v) is 10.1. The zero-order valence-electron chi connectivity index (χ0n) is 14.7. The Morgan fingerprint density at radius 1 is 1.03 bits per heavy atom. The molecule has 0 atom stereocenters. The zero-order valence-corrected chi connectivity index (χ0v) is 16.3. The van der Waals surface area contributed by atoms with E-state index in [0.717, 1.165) is 22.5 Å². The molecule has 1 fully saturated rings. The lowest BCUT2D eigenvalue weighted by Crippen LogP contribution is -2.50. The van der Waals surface area contributed by atoms with Gasteiger partial charge in [0.2, 0.25) is 10.0 Å². The van der Waals surface area contributed by atoms with Crippen molar-refractivity contribution < 1.29 is 26.9 Å². The van der Waals surface area contributed by atoms with Crippen molar-refractivity contribution in [2.75, 3.05) is 26.2 Å². The van der Waals surface area contributed by atoms with Crippen LogP contribution in [0.4, 0.5) is 14.5 Å². The fourth-order valence-electron chi connectivity index (χ4n) is 2.92. The van der Waals surface area contributed by atoms with Crippen molar-refractivity contribution in [3.05, 3.63) is 68.7 Å². The smallest absolute Gasteiger partial charge is 0.283 e. The lowest BCUT2D eigenvalue weighted by molar-refractivity contribution is -0.385. The molecule has 8 nitrogen and oxygen atoms in total. The average molecular weight is 446 g/mol. The van der Waals surface area contributed by atoms with Crippen LogP contribution in [0.25, 0.3) is 0 Å². The van der Waals surface area contributed by atoms with Crippen LogP contribution in [0.2, 0.25) is 5.02 Å². The van der Waals surface area contributed by atoms with Crippen molar-refractivity contribution in [2.45, 2.75) is 4.90 Å². The Hall–Kier alpha value is -2.63. The molecule has 1 aliphatic rings. The summed E-state index contributed by atoms with van der Waals surface area (Å²) in [5, 5.41) is 11.3. The van der Waals surface area contributed by atoms with Gasteiger partial charge in [-0.15, -0.1) is 0 Å². The molecule has 0 unspecified atom stereocenters. The highest BCUT2D eigenvalue weighted by Crippen LogP contribution is 2.26. The third-order valence-corrected chi connectivity index (χ3v) is 6.57. The molecule has 0 saturated carbocycles. The van der Waals surface area contributed by atoms with Gasteiger partial charge in [0.05, 0.1) is 9.82 Å². The summed E-state index contributed by atoms with van der Waals surface area (Å²) in [7, 11) is -4.08. The van der Waals surface area contributed by atoms with Gasteiger partial charge in [-0.2, -0.15) is 4.31 Å². The van der Waals surface area contributed by atoms with E-state index in [1.165, 1.54) is 17.0 Å². The Bertz CT molecular complexity index is 1090. The number of nitrogens with zero attached hydrogens (tertiary/aromatic N) is 3. The molecule has 1 amide bonds. The first-order chi connectivity index (χ1) is 13.6. The summed E-state index contributed by atoms with van der Waals surface area (Å²) >= 11 is 5.75. The van der Waals surface area contributed by atoms with Crippen molar-refractivity contribution in [3.8, 4) is 0 Å². The summed E-state index contributed by atoms with van der Waals surface area (Å²) < 4.78 is 52.7. The molecule has 29 heavy (non-hydrogen) atoms. The van der Waals surface area contributed by atoms with Crippen LogP contribution in [-0.2, 0) is 10.0 Å². The molecule has 12 heteroatoms. The van der Waals surface area contributed by atoms with E-state index in [1.807, 2.05) is 0 Å². The Balaban J connectivity index is 1.76. The highest BCUT2D eigenvalue weighted by atomic mass is 35.5. The van der Waals surface area contributed by atoms with Gasteiger partial charge in [-0.3, -0.25) is 14.9 Å². The number of nitro benzene ring substituents is 1. The molecular formula is C17H14ClF2N3O5S. The van der Waals surface area contributed by atoms with Crippen molar-refractivity contribution in [1.29, 1.82) is 0 Å². The monoisotopic (exact) mass is 445 g/mol. The van der Waals surface area contributed by atoms with Gasteiger partial charge < -0.3 is 4.90 Å². The maximum atomic E-state index is 13.4. The number of hydrogen-bond acceptors (Lipinski definition) is 5. The minimum Gasteiger partial charge on any atom is -0.336 e. The fraction of sp³-hybridized carbons (Fsp3) is 0.235. The van der Waals surface area contributed by atoms with Crippen LogP contribution in [0.15, 0.2) is 41.3 Å². The lowest BCUT2D eigenvalue weighted by atomic mass is 10.1. The van der Waals surface area contributed by atoms with Gasteiger partial charge in [-0.1, -0.05) is 11.6 Å². The molecule has 0 spiro atoms. The highest BCUT2D eigenvalue weighted by molar-refractivity contribution is 7.89. The molecular weight excluding hydrogens is 432 g/mol. The van der Waals surface area contributed by atoms with Gasteiger partial charge >= 0.3 is 0 Å². The van der Waals surface area contributed by atoms with E-state index in [9.17, 15) is 32.1 Å². The van der Waals surface area contributed by atoms with Crippen LogP contribution in [0, 0.1) is 21.7 Å². The number of piperazine rings is 1. The molecule has 0 aromatic heterocycles. The number of carbonyl (C=O) groups is 1. The topological polar surface area (TPSA) is 101 Å². The molecule has 1 aliphatic heterocycles. The zero-order chi connectivity index (χ0) is 21.3. The predicted molar refractivity (Wildman–Crippen MR) is 99.1 cm³/mol. The Labute approximate surface area is 169 Å². The third kappa shape index (κ3) is 4.21. The summed E-state index contributed by atoms with van der Waals surface area (Å²) in [6, 6.07) is 5.95. The Kier molecular flexibility index (Phi) is 5.82. The van der Waals surface area contributed by atoms with Gasteiger partial charge in [0.25, 0.3) is 11.6 Å². The molecule has 1 heterocycles. The average Bonchev–Trinajstić information content (AvgIpc) is 2.69. The standard InChI is InChI=1S/C17H14ClF2N3O5S/c18-11-1-3-13(16(9-11)23(25)26)17(24)21-5-7-22(8-6-21)29(27,28)12-2-4-14(19)15(20)10-12/h1-4,9-10H,5-8H2. The van der Waals surface area contributed by atoms with Crippen LogP contribution in [0.5, 0.6) is 0 Å². The van der Waals surface area contributed by atoms with E-state index in [1.54, 1.807) is 0 Å². The second-order valence-corrected chi connectivity index (χ2v) is 8.57. The maximum absolute atomic E-state index is 13.4. The summed E-state index contributed by atoms with van der Waals surface area (Å²) in [6.07, 6.45) is 0. The molecule has 0 N–H and O–H groups in total. The molecule has 2 aromatic carbocycles. The van der Waals surface area contributed by atoms with Crippen molar-refractivity contribution >= 4 is 33.2 Å². The van der Waals surface area contributed by atoms with E-state index in [4.69, 9.17) is 11.6 Å². The van der Waals surface area contributed by atoms with Gasteiger partial charge in [0.15, 0.2) is 11.6 Å². The van der Waals surface area contributed by atoms with Crippen molar-refractivity contribution in [1.82, 2.24) is 9.21 Å². The van der Waals surface area contributed by atoms with Crippen LogP contribution >= 0.6 is 11.6 Å². The summed E-state index contributed by atoms with van der Waals surface area (Å²) in [5.74, 6) is -3.07. The van der Waals surface area contributed by atoms with Gasteiger partial charge in [-0.05, 0) is 30.3 Å². The summed E-state index contributed by atoms with van der Waals surface area (Å²) in [4.78, 5) is 24.0. The van der Waals surface area contributed by atoms with Gasteiger partial charge in [0.1, 0.15) is 5.56 Å². The Morgan fingerprint density at radius 2 is 1.69 bits per heavy atom. The van der Waals surface area contributed by atoms with Crippen LogP contribution < -0.4 is 0 Å². The number of carbonyl (C=O) groups excluding carboxylic acids is 1. The summed E-state index contributed by atoms with van der Waals surface area (Å²) in [6.45, 7) is -0.258. The van der Waals surface area contributed by atoms with Crippen LogP contribution in [0.3, 0.4) is 0 Å². The number of amides is 1. The molecule has 0 bridgehead atoms. The summed E-state index contributed by atoms with van der Waals surface area (Å²) in [5.41, 5.74) is -0.601. The maximum Gasteiger partial charge on any atom is 0.283 e. The number of halogens is 3. The molecule has 3 rings (SSSR count). The number of hydrogen-bond donors (Lipinski definition) is 0. The normalized spacial score (nSPS) is 15.3. The SMILES string of the molecule is O=C(c1ccc(Cl)cc1[N+](=O)[O-])N1CCN(S(=O)(=O)c2ccc(F)c(F)c2)CC1. The second-order valence-electron chi connectivity index (χ2n) is 6.19.